The predicted molar refractivity (Wildman–Crippen MR) is 46.0 cm³/mol. The first-order valence-corrected chi connectivity index (χ1v) is 4.16. The Morgan fingerprint density at radius 3 is 2.60 bits per heavy atom. The molecule has 0 aromatic carbocycles. The Kier molecular flexibility index (Phi) is 2.06. The fourth-order valence-corrected chi connectivity index (χ4v) is 1.28. The van der Waals surface area contributed by atoms with Crippen LogP contribution in [0.25, 0.3) is 11.5 Å². The summed E-state index contributed by atoms with van der Waals surface area (Å²) in [7, 11) is 0. The standard InChI is InChI=1S/C9H7F3N2O/c1-6-5-7(8-3-2-4-15-8)13-14(6)9(10,11)12/h2-5H,1H3. The van der Waals surface area contributed by atoms with Gasteiger partial charge in [-0.25, -0.2) is 0 Å². The number of hydrogen-bond donors (Lipinski definition) is 0. The molecule has 0 saturated carbocycles. The van der Waals surface area contributed by atoms with E-state index in [2.05, 4.69) is 5.10 Å². The first-order chi connectivity index (χ1) is 6.98. The van der Waals surface area contributed by atoms with Crippen molar-refractivity contribution in [1.82, 2.24) is 9.78 Å². The summed E-state index contributed by atoms with van der Waals surface area (Å²) in [5.74, 6) is 0.320. The number of hydrogen-bond acceptors (Lipinski definition) is 2. The number of halogens is 3. The van der Waals surface area contributed by atoms with Crippen molar-refractivity contribution in [3.05, 3.63) is 30.2 Å². The highest BCUT2D eigenvalue weighted by atomic mass is 19.4. The minimum atomic E-state index is -4.49. The van der Waals surface area contributed by atoms with Crippen LogP contribution in [0.15, 0.2) is 28.9 Å². The quantitative estimate of drug-likeness (QED) is 0.733. The van der Waals surface area contributed by atoms with Crippen molar-refractivity contribution in [2.24, 2.45) is 0 Å². The lowest BCUT2D eigenvalue weighted by molar-refractivity contribution is -0.213. The summed E-state index contributed by atoms with van der Waals surface area (Å²) in [6.45, 7) is 1.34. The molecule has 0 aliphatic carbocycles. The lowest BCUT2D eigenvalue weighted by Crippen LogP contribution is -2.19. The van der Waals surface area contributed by atoms with Crippen LogP contribution in [0.2, 0.25) is 0 Å². The summed E-state index contributed by atoms with van der Waals surface area (Å²) >= 11 is 0. The van der Waals surface area contributed by atoms with Crippen LogP contribution >= 0.6 is 0 Å². The maximum absolute atomic E-state index is 12.4. The van der Waals surface area contributed by atoms with Gasteiger partial charge in [0.2, 0.25) is 0 Å². The zero-order chi connectivity index (χ0) is 11.1. The van der Waals surface area contributed by atoms with E-state index in [4.69, 9.17) is 4.42 Å². The van der Waals surface area contributed by atoms with E-state index in [1.807, 2.05) is 0 Å². The predicted octanol–water partition coefficient (Wildman–Crippen LogP) is 2.93. The lowest BCUT2D eigenvalue weighted by atomic mass is 10.3. The molecule has 0 fully saturated rings. The molecule has 0 bridgehead atoms. The van der Waals surface area contributed by atoms with Gasteiger partial charge in [0, 0.05) is 5.69 Å². The van der Waals surface area contributed by atoms with E-state index in [-0.39, 0.29) is 16.1 Å². The van der Waals surface area contributed by atoms with E-state index >= 15 is 0 Å². The molecule has 80 valence electrons. The minimum Gasteiger partial charge on any atom is -0.463 e. The molecule has 6 heteroatoms. The third kappa shape index (κ3) is 1.74. The number of furan rings is 1. The Morgan fingerprint density at radius 1 is 1.40 bits per heavy atom. The van der Waals surface area contributed by atoms with E-state index < -0.39 is 6.30 Å². The second kappa shape index (κ2) is 3.15. The number of nitrogens with zero attached hydrogens (tertiary/aromatic N) is 2. The third-order valence-electron chi connectivity index (χ3n) is 1.90. The molecule has 0 saturated heterocycles. The van der Waals surface area contributed by atoms with Gasteiger partial charge in [-0.3, -0.25) is 0 Å². The monoisotopic (exact) mass is 216 g/mol. The highest BCUT2D eigenvalue weighted by Gasteiger charge is 2.33. The molecule has 2 aromatic heterocycles. The second-order valence-electron chi connectivity index (χ2n) is 3.03. The number of aromatic nitrogens is 2. The van der Waals surface area contributed by atoms with Gasteiger partial charge in [0.1, 0.15) is 5.69 Å². The van der Waals surface area contributed by atoms with E-state index in [0.29, 0.717) is 5.76 Å². The molecular formula is C9H7F3N2O. The zero-order valence-corrected chi connectivity index (χ0v) is 7.75. The normalized spacial score (nSPS) is 12.0. The maximum Gasteiger partial charge on any atom is 0.504 e. The van der Waals surface area contributed by atoms with Crippen LogP contribution in [0.5, 0.6) is 0 Å². The smallest absolute Gasteiger partial charge is 0.463 e. The molecule has 2 rings (SSSR count). The molecule has 0 unspecified atom stereocenters. The third-order valence-corrected chi connectivity index (χ3v) is 1.90. The van der Waals surface area contributed by atoms with Crippen molar-refractivity contribution < 1.29 is 17.6 Å². The fraction of sp³-hybridized carbons (Fsp3) is 0.222. The molecule has 0 amide bonds. The van der Waals surface area contributed by atoms with Crippen molar-refractivity contribution in [1.29, 1.82) is 0 Å². The average Bonchev–Trinajstić information content (AvgIpc) is 2.68. The summed E-state index contributed by atoms with van der Waals surface area (Å²) in [5.41, 5.74) is 0.198. The van der Waals surface area contributed by atoms with Gasteiger partial charge in [-0.1, -0.05) is 0 Å². The Labute approximate surface area is 83.1 Å². The molecule has 0 aliphatic rings. The van der Waals surface area contributed by atoms with Gasteiger partial charge >= 0.3 is 6.30 Å². The van der Waals surface area contributed by atoms with Crippen LogP contribution in [0.1, 0.15) is 5.69 Å². The number of alkyl halides is 3. The zero-order valence-electron chi connectivity index (χ0n) is 7.75. The summed E-state index contributed by atoms with van der Waals surface area (Å²) in [6.07, 6.45) is -3.10. The molecule has 2 aromatic rings. The maximum atomic E-state index is 12.4. The van der Waals surface area contributed by atoms with Gasteiger partial charge in [-0.2, -0.15) is 9.78 Å². The van der Waals surface area contributed by atoms with E-state index in [1.54, 1.807) is 12.1 Å². The molecular weight excluding hydrogens is 209 g/mol. The molecule has 0 atom stereocenters. The van der Waals surface area contributed by atoms with Gasteiger partial charge in [-0.05, 0) is 25.1 Å². The Bertz CT molecular complexity index is 456. The van der Waals surface area contributed by atoms with Crippen LogP contribution in [0.4, 0.5) is 13.2 Å². The molecule has 0 N–H and O–H groups in total. The lowest BCUT2D eigenvalue weighted by Gasteiger charge is -2.06. The van der Waals surface area contributed by atoms with Crippen LogP contribution in [0.3, 0.4) is 0 Å². The van der Waals surface area contributed by atoms with Crippen molar-refractivity contribution >= 4 is 0 Å². The molecule has 0 spiro atoms. The van der Waals surface area contributed by atoms with Crippen molar-refractivity contribution in [3.8, 4) is 11.5 Å². The first kappa shape index (κ1) is 9.82. The Balaban J connectivity index is 2.47. The Hall–Kier alpha value is -1.72. The number of rotatable bonds is 1. The second-order valence-corrected chi connectivity index (χ2v) is 3.03. The van der Waals surface area contributed by atoms with Gasteiger partial charge in [-0.15, -0.1) is 13.2 Å². The van der Waals surface area contributed by atoms with E-state index in [9.17, 15) is 13.2 Å². The van der Waals surface area contributed by atoms with Crippen LogP contribution in [-0.4, -0.2) is 9.78 Å². The van der Waals surface area contributed by atoms with E-state index in [0.717, 1.165) is 0 Å². The SMILES string of the molecule is Cc1cc(-c2ccco2)nn1C(F)(F)F. The van der Waals surface area contributed by atoms with Gasteiger partial charge in [0.15, 0.2) is 5.76 Å². The largest absolute Gasteiger partial charge is 0.504 e. The van der Waals surface area contributed by atoms with Crippen LogP contribution in [-0.2, 0) is 6.30 Å². The van der Waals surface area contributed by atoms with Gasteiger partial charge < -0.3 is 4.42 Å². The first-order valence-electron chi connectivity index (χ1n) is 4.16. The molecule has 0 aliphatic heterocycles. The molecule has 2 heterocycles. The molecule has 0 radical (unpaired) electrons. The molecule has 3 nitrogen and oxygen atoms in total. The molecule has 15 heavy (non-hydrogen) atoms. The van der Waals surface area contributed by atoms with Crippen molar-refractivity contribution in [3.63, 3.8) is 0 Å². The summed E-state index contributed by atoms with van der Waals surface area (Å²) in [6, 6.07) is 4.48. The van der Waals surface area contributed by atoms with Gasteiger partial charge in [0.05, 0.1) is 6.26 Å². The highest BCUT2D eigenvalue weighted by molar-refractivity contribution is 5.51. The average molecular weight is 216 g/mol. The minimum absolute atomic E-state index is 0.0187. The van der Waals surface area contributed by atoms with Crippen molar-refractivity contribution in [2.75, 3.05) is 0 Å². The highest BCUT2D eigenvalue weighted by Crippen LogP contribution is 2.27. The van der Waals surface area contributed by atoms with Gasteiger partial charge in [0.25, 0.3) is 0 Å². The number of aryl methyl sites for hydroxylation is 1. The van der Waals surface area contributed by atoms with Crippen LogP contribution in [0, 0.1) is 6.92 Å². The van der Waals surface area contributed by atoms with E-state index in [1.165, 1.54) is 19.3 Å². The Morgan fingerprint density at radius 2 is 2.13 bits per heavy atom. The summed E-state index contributed by atoms with van der Waals surface area (Å²) in [5, 5.41) is 3.42. The van der Waals surface area contributed by atoms with Crippen LogP contribution < -0.4 is 0 Å². The topological polar surface area (TPSA) is 31.0 Å². The summed E-state index contributed by atoms with van der Waals surface area (Å²) < 4.78 is 42.1. The summed E-state index contributed by atoms with van der Waals surface area (Å²) in [4.78, 5) is 0. The van der Waals surface area contributed by atoms with Crippen molar-refractivity contribution in [2.45, 2.75) is 13.2 Å². The fourth-order valence-electron chi connectivity index (χ4n) is 1.28.